The smallest absolute Gasteiger partial charge is 0.248 e. The summed E-state index contributed by atoms with van der Waals surface area (Å²) in [5.41, 5.74) is 2.13. The van der Waals surface area contributed by atoms with Crippen LogP contribution in [0.5, 0.6) is 0 Å². The standard InChI is InChI=1S/C14H23NO/c1-6-7-11(3)14(4,5)12-8-10(2)9-13(16)15-12/h8-9,11H,6-7H2,1-5H3,(H,15,16). The van der Waals surface area contributed by atoms with Gasteiger partial charge in [-0.05, 0) is 24.5 Å². The number of nitrogens with one attached hydrogen (secondary N) is 1. The van der Waals surface area contributed by atoms with E-state index in [0.717, 1.165) is 11.3 Å². The molecule has 16 heavy (non-hydrogen) atoms. The molecule has 0 spiro atoms. The summed E-state index contributed by atoms with van der Waals surface area (Å²) < 4.78 is 0. The molecule has 1 rings (SSSR count). The molecule has 0 aliphatic heterocycles. The van der Waals surface area contributed by atoms with E-state index in [9.17, 15) is 4.79 Å². The molecule has 1 atom stereocenters. The molecule has 0 bridgehead atoms. The van der Waals surface area contributed by atoms with Crippen molar-refractivity contribution in [3.8, 4) is 0 Å². The molecule has 1 heterocycles. The molecule has 0 fully saturated rings. The molecule has 0 radical (unpaired) electrons. The second-order valence-electron chi connectivity index (χ2n) is 5.35. The second-order valence-corrected chi connectivity index (χ2v) is 5.35. The van der Waals surface area contributed by atoms with Crippen molar-refractivity contribution >= 4 is 0 Å². The Morgan fingerprint density at radius 2 is 2.00 bits per heavy atom. The fourth-order valence-corrected chi connectivity index (χ4v) is 2.09. The molecule has 0 aromatic carbocycles. The first-order valence-electron chi connectivity index (χ1n) is 6.09. The van der Waals surface area contributed by atoms with Gasteiger partial charge < -0.3 is 4.98 Å². The van der Waals surface area contributed by atoms with Crippen molar-refractivity contribution < 1.29 is 0 Å². The Hall–Kier alpha value is -1.05. The lowest BCUT2D eigenvalue weighted by molar-refractivity contribution is 0.313. The quantitative estimate of drug-likeness (QED) is 0.830. The minimum Gasteiger partial charge on any atom is -0.326 e. The maximum absolute atomic E-state index is 11.5. The van der Waals surface area contributed by atoms with Crippen LogP contribution in [0.2, 0.25) is 0 Å². The summed E-state index contributed by atoms with van der Waals surface area (Å²) in [6.07, 6.45) is 2.36. The third-order valence-electron chi connectivity index (χ3n) is 3.64. The number of aryl methyl sites for hydroxylation is 1. The van der Waals surface area contributed by atoms with E-state index in [4.69, 9.17) is 0 Å². The van der Waals surface area contributed by atoms with Crippen LogP contribution in [0.3, 0.4) is 0 Å². The maximum Gasteiger partial charge on any atom is 0.248 e. The lowest BCUT2D eigenvalue weighted by atomic mass is 9.74. The molecule has 0 amide bonds. The van der Waals surface area contributed by atoms with Crippen LogP contribution in [0.1, 0.15) is 51.8 Å². The zero-order chi connectivity index (χ0) is 12.3. The fraction of sp³-hybridized carbons (Fsp3) is 0.643. The summed E-state index contributed by atoms with van der Waals surface area (Å²) in [6, 6.07) is 3.73. The van der Waals surface area contributed by atoms with E-state index in [1.807, 2.05) is 6.92 Å². The van der Waals surface area contributed by atoms with Crippen LogP contribution in [0.25, 0.3) is 0 Å². The number of hydrogen-bond donors (Lipinski definition) is 1. The number of H-pyrrole nitrogens is 1. The fourth-order valence-electron chi connectivity index (χ4n) is 2.09. The van der Waals surface area contributed by atoms with E-state index in [1.54, 1.807) is 6.07 Å². The predicted molar refractivity (Wildman–Crippen MR) is 68.9 cm³/mol. The highest BCUT2D eigenvalue weighted by Crippen LogP contribution is 2.32. The summed E-state index contributed by atoms with van der Waals surface area (Å²) >= 11 is 0. The Morgan fingerprint density at radius 3 is 2.50 bits per heavy atom. The van der Waals surface area contributed by atoms with E-state index >= 15 is 0 Å². The van der Waals surface area contributed by atoms with Gasteiger partial charge in [0.25, 0.3) is 0 Å². The molecule has 0 aliphatic carbocycles. The number of pyridine rings is 1. The monoisotopic (exact) mass is 221 g/mol. The topological polar surface area (TPSA) is 32.9 Å². The largest absolute Gasteiger partial charge is 0.326 e. The normalized spacial score (nSPS) is 13.8. The minimum atomic E-state index is 0.00627. The Labute approximate surface area is 98.1 Å². The maximum atomic E-state index is 11.5. The predicted octanol–water partition coefficient (Wildman–Crippen LogP) is 3.40. The Kier molecular flexibility index (Phi) is 3.95. The van der Waals surface area contributed by atoms with Gasteiger partial charge in [-0.25, -0.2) is 0 Å². The molecule has 1 aromatic rings. The first-order valence-corrected chi connectivity index (χ1v) is 6.09. The van der Waals surface area contributed by atoms with Gasteiger partial charge in [0, 0.05) is 17.2 Å². The molecule has 90 valence electrons. The van der Waals surface area contributed by atoms with Gasteiger partial charge in [0.05, 0.1) is 0 Å². The van der Waals surface area contributed by atoms with Gasteiger partial charge in [-0.2, -0.15) is 0 Å². The Bertz CT molecular complexity index is 403. The number of rotatable bonds is 4. The third kappa shape index (κ3) is 2.75. The van der Waals surface area contributed by atoms with Crippen molar-refractivity contribution in [2.75, 3.05) is 0 Å². The summed E-state index contributed by atoms with van der Waals surface area (Å²) in [6.45, 7) is 10.8. The summed E-state index contributed by atoms with van der Waals surface area (Å²) in [4.78, 5) is 14.5. The van der Waals surface area contributed by atoms with Crippen LogP contribution < -0.4 is 5.56 Å². The molecule has 2 heteroatoms. The van der Waals surface area contributed by atoms with Gasteiger partial charge in [-0.3, -0.25) is 4.79 Å². The van der Waals surface area contributed by atoms with Crippen LogP contribution in [-0.4, -0.2) is 4.98 Å². The molecule has 0 aliphatic rings. The van der Waals surface area contributed by atoms with Crippen molar-refractivity contribution in [3.05, 3.63) is 33.7 Å². The molecule has 2 nitrogen and oxygen atoms in total. The van der Waals surface area contributed by atoms with Crippen LogP contribution in [0.4, 0.5) is 0 Å². The zero-order valence-corrected chi connectivity index (χ0v) is 11.1. The first-order chi connectivity index (χ1) is 7.37. The van der Waals surface area contributed by atoms with Crippen LogP contribution in [-0.2, 0) is 5.41 Å². The van der Waals surface area contributed by atoms with E-state index in [0.29, 0.717) is 5.92 Å². The van der Waals surface area contributed by atoms with Gasteiger partial charge in [0.2, 0.25) is 5.56 Å². The number of aromatic nitrogens is 1. The van der Waals surface area contributed by atoms with Crippen molar-refractivity contribution in [2.45, 2.75) is 52.9 Å². The van der Waals surface area contributed by atoms with Gasteiger partial charge in [-0.15, -0.1) is 0 Å². The molecular weight excluding hydrogens is 198 g/mol. The highest BCUT2D eigenvalue weighted by Gasteiger charge is 2.28. The third-order valence-corrected chi connectivity index (χ3v) is 3.64. The number of aromatic amines is 1. The highest BCUT2D eigenvalue weighted by molar-refractivity contribution is 5.21. The lowest BCUT2D eigenvalue weighted by Crippen LogP contribution is -2.30. The highest BCUT2D eigenvalue weighted by atomic mass is 16.1. The molecule has 1 aromatic heterocycles. The molecular formula is C14H23NO. The van der Waals surface area contributed by atoms with Crippen LogP contribution >= 0.6 is 0 Å². The minimum absolute atomic E-state index is 0.00627. The van der Waals surface area contributed by atoms with Gasteiger partial charge in [0.15, 0.2) is 0 Å². The number of hydrogen-bond acceptors (Lipinski definition) is 1. The van der Waals surface area contributed by atoms with E-state index < -0.39 is 0 Å². The molecule has 0 saturated carbocycles. The van der Waals surface area contributed by atoms with E-state index in [2.05, 4.69) is 38.7 Å². The van der Waals surface area contributed by atoms with Crippen molar-refractivity contribution in [1.82, 2.24) is 4.98 Å². The molecule has 0 saturated heterocycles. The van der Waals surface area contributed by atoms with Crippen molar-refractivity contribution in [1.29, 1.82) is 0 Å². The van der Waals surface area contributed by atoms with Crippen LogP contribution in [0.15, 0.2) is 16.9 Å². The zero-order valence-electron chi connectivity index (χ0n) is 11.1. The van der Waals surface area contributed by atoms with E-state index in [1.165, 1.54) is 12.8 Å². The molecule has 1 N–H and O–H groups in total. The van der Waals surface area contributed by atoms with E-state index in [-0.39, 0.29) is 11.0 Å². The Morgan fingerprint density at radius 1 is 1.38 bits per heavy atom. The molecule has 1 unspecified atom stereocenters. The van der Waals surface area contributed by atoms with Crippen molar-refractivity contribution in [2.24, 2.45) is 5.92 Å². The SMILES string of the molecule is CCCC(C)C(C)(C)c1cc(C)cc(=O)[nH]1. The van der Waals surface area contributed by atoms with Crippen molar-refractivity contribution in [3.63, 3.8) is 0 Å². The first kappa shape index (κ1) is 13.0. The summed E-state index contributed by atoms with van der Waals surface area (Å²) in [5, 5.41) is 0. The lowest BCUT2D eigenvalue weighted by Gasteiger charge is -2.32. The Balaban J connectivity index is 3.10. The average Bonchev–Trinajstić information content (AvgIpc) is 2.16. The second kappa shape index (κ2) is 4.86. The van der Waals surface area contributed by atoms with Gasteiger partial charge >= 0.3 is 0 Å². The van der Waals surface area contributed by atoms with Crippen LogP contribution in [0, 0.1) is 12.8 Å². The van der Waals surface area contributed by atoms with Gasteiger partial charge in [0.1, 0.15) is 0 Å². The van der Waals surface area contributed by atoms with Gasteiger partial charge in [-0.1, -0.05) is 40.5 Å². The summed E-state index contributed by atoms with van der Waals surface area (Å²) in [5.74, 6) is 0.565. The average molecular weight is 221 g/mol. The summed E-state index contributed by atoms with van der Waals surface area (Å²) in [7, 11) is 0.